The summed E-state index contributed by atoms with van der Waals surface area (Å²) in [5.41, 5.74) is 1.05. The van der Waals surface area contributed by atoms with Gasteiger partial charge in [0.1, 0.15) is 17.3 Å². The van der Waals surface area contributed by atoms with Gasteiger partial charge in [-0.25, -0.2) is 4.39 Å². The van der Waals surface area contributed by atoms with Crippen LogP contribution in [-0.2, 0) is 0 Å². The Morgan fingerprint density at radius 1 is 1.00 bits per heavy atom. The van der Waals surface area contributed by atoms with Crippen molar-refractivity contribution in [2.45, 2.75) is 0 Å². The molecule has 3 rings (SSSR count). The number of hydrogen-bond acceptors (Lipinski definition) is 4. The van der Waals surface area contributed by atoms with Gasteiger partial charge in [-0.2, -0.15) is 0 Å². The molecule has 1 amide bonds. The van der Waals surface area contributed by atoms with Crippen molar-refractivity contribution < 1.29 is 18.7 Å². The van der Waals surface area contributed by atoms with Gasteiger partial charge in [-0.05, 0) is 30.3 Å². The van der Waals surface area contributed by atoms with E-state index in [2.05, 4.69) is 0 Å². The zero-order valence-electron chi connectivity index (χ0n) is 14.4. The number of nitrogens with zero attached hydrogens (tertiary/aromatic N) is 2. The molecule has 0 unspecified atom stereocenters. The molecule has 6 heteroatoms. The number of anilines is 1. The third-order valence-corrected chi connectivity index (χ3v) is 4.40. The lowest BCUT2D eigenvalue weighted by Gasteiger charge is -2.36. The highest BCUT2D eigenvalue weighted by Gasteiger charge is 2.25. The lowest BCUT2D eigenvalue weighted by Crippen LogP contribution is -2.49. The summed E-state index contributed by atoms with van der Waals surface area (Å²) in [6, 6.07) is 11.9. The van der Waals surface area contributed by atoms with Crippen molar-refractivity contribution in [3.8, 4) is 11.5 Å². The molecule has 5 nitrogen and oxygen atoms in total. The number of ether oxygens (including phenoxy) is 2. The van der Waals surface area contributed by atoms with Gasteiger partial charge in [0.25, 0.3) is 5.91 Å². The molecule has 2 aromatic rings. The van der Waals surface area contributed by atoms with Gasteiger partial charge in [-0.1, -0.05) is 12.1 Å². The standard InChI is InChI=1S/C19H21FN2O3/c1-24-14-7-8-18(25-2)15(13-14)19(23)22-11-9-21(10-12-22)17-6-4-3-5-16(17)20/h3-8,13H,9-12H2,1-2H3. The topological polar surface area (TPSA) is 42.0 Å². The maximum atomic E-state index is 13.9. The highest BCUT2D eigenvalue weighted by molar-refractivity contribution is 5.97. The molecule has 0 radical (unpaired) electrons. The van der Waals surface area contributed by atoms with Gasteiger partial charge in [-0.15, -0.1) is 0 Å². The molecular formula is C19H21FN2O3. The van der Waals surface area contributed by atoms with Gasteiger partial charge >= 0.3 is 0 Å². The molecule has 1 aliphatic heterocycles. The minimum atomic E-state index is -0.239. The average Bonchev–Trinajstić information content (AvgIpc) is 2.67. The average molecular weight is 344 g/mol. The molecular weight excluding hydrogens is 323 g/mol. The number of amides is 1. The highest BCUT2D eigenvalue weighted by Crippen LogP contribution is 2.26. The molecule has 0 bridgehead atoms. The normalized spacial score (nSPS) is 14.4. The fourth-order valence-electron chi connectivity index (χ4n) is 3.01. The summed E-state index contributed by atoms with van der Waals surface area (Å²) in [7, 11) is 3.10. The van der Waals surface area contributed by atoms with Crippen LogP contribution in [0.2, 0.25) is 0 Å². The number of carbonyl (C=O) groups excluding carboxylic acids is 1. The van der Waals surface area contributed by atoms with Gasteiger partial charge in [0.15, 0.2) is 0 Å². The molecule has 0 atom stereocenters. The number of methoxy groups -OCH3 is 2. The van der Waals surface area contributed by atoms with Gasteiger partial charge in [-0.3, -0.25) is 4.79 Å². The Labute approximate surface area is 146 Å². The fourth-order valence-corrected chi connectivity index (χ4v) is 3.01. The summed E-state index contributed by atoms with van der Waals surface area (Å²) in [4.78, 5) is 16.6. The third-order valence-electron chi connectivity index (χ3n) is 4.40. The summed E-state index contributed by atoms with van der Waals surface area (Å²) in [5, 5.41) is 0. The predicted octanol–water partition coefficient (Wildman–Crippen LogP) is 2.81. The van der Waals surface area contributed by atoms with Crippen molar-refractivity contribution >= 4 is 11.6 Å². The molecule has 1 aliphatic rings. The number of para-hydroxylation sites is 1. The first kappa shape index (κ1) is 17.1. The summed E-state index contributed by atoms with van der Waals surface area (Å²) >= 11 is 0. The van der Waals surface area contributed by atoms with E-state index >= 15 is 0 Å². The molecule has 0 aromatic heterocycles. The first-order chi connectivity index (χ1) is 12.1. The predicted molar refractivity (Wildman–Crippen MR) is 94.1 cm³/mol. The molecule has 0 N–H and O–H groups in total. The molecule has 0 spiro atoms. The van der Waals surface area contributed by atoms with Crippen LogP contribution in [0.3, 0.4) is 0 Å². The van der Waals surface area contributed by atoms with Crippen LogP contribution in [-0.4, -0.2) is 51.2 Å². The second-order valence-electron chi connectivity index (χ2n) is 5.80. The number of rotatable bonds is 4. The van der Waals surface area contributed by atoms with E-state index in [1.807, 2.05) is 11.0 Å². The molecule has 0 aliphatic carbocycles. The largest absolute Gasteiger partial charge is 0.497 e. The van der Waals surface area contributed by atoms with Crippen molar-refractivity contribution in [3.05, 3.63) is 53.8 Å². The van der Waals surface area contributed by atoms with E-state index in [-0.39, 0.29) is 11.7 Å². The van der Waals surface area contributed by atoms with E-state index in [4.69, 9.17) is 9.47 Å². The van der Waals surface area contributed by atoms with Crippen LogP contribution in [0.15, 0.2) is 42.5 Å². The van der Waals surface area contributed by atoms with Crippen molar-refractivity contribution in [1.82, 2.24) is 4.90 Å². The Morgan fingerprint density at radius 3 is 2.36 bits per heavy atom. The van der Waals surface area contributed by atoms with Crippen LogP contribution in [0.1, 0.15) is 10.4 Å². The van der Waals surface area contributed by atoms with Crippen molar-refractivity contribution in [2.75, 3.05) is 45.3 Å². The lowest BCUT2D eigenvalue weighted by atomic mass is 10.1. The van der Waals surface area contributed by atoms with E-state index in [0.717, 1.165) is 0 Å². The zero-order valence-corrected chi connectivity index (χ0v) is 14.4. The monoisotopic (exact) mass is 344 g/mol. The summed E-state index contributed by atoms with van der Waals surface area (Å²) in [6.45, 7) is 2.21. The van der Waals surface area contributed by atoms with Crippen LogP contribution < -0.4 is 14.4 Å². The Balaban J connectivity index is 1.73. The minimum Gasteiger partial charge on any atom is -0.497 e. The Kier molecular flexibility index (Phi) is 5.07. The Bertz CT molecular complexity index is 758. The highest BCUT2D eigenvalue weighted by atomic mass is 19.1. The summed E-state index contributed by atoms with van der Waals surface area (Å²) in [5.74, 6) is 0.775. The molecule has 2 aromatic carbocycles. The fraction of sp³-hybridized carbons (Fsp3) is 0.316. The number of hydrogen-bond donors (Lipinski definition) is 0. The number of piperazine rings is 1. The Hall–Kier alpha value is -2.76. The molecule has 0 saturated carbocycles. The molecule has 25 heavy (non-hydrogen) atoms. The SMILES string of the molecule is COc1ccc(OC)c(C(=O)N2CCN(c3ccccc3F)CC2)c1. The minimum absolute atomic E-state index is 0.107. The number of benzene rings is 2. The van der Waals surface area contributed by atoms with Crippen LogP contribution in [0, 0.1) is 5.82 Å². The quantitative estimate of drug-likeness (QED) is 0.855. The van der Waals surface area contributed by atoms with E-state index in [9.17, 15) is 9.18 Å². The van der Waals surface area contributed by atoms with E-state index in [0.29, 0.717) is 48.9 Å². The molecule has 1 saturated heterocycles. The van der Waals surface area contributed by atoms with Gasteiger partial charge in [0.05, 0.1) is 25.5 Å². The summed E-state index contributed by atoms with van der Waals surface area (Å²) in [6.07, 6.45) is 0. The Morgan fingerprint density at radius 2 is 1.72 bits per heavy atom. The second kappa shape index (κ2) is 7.42. The van der Waals surface area contributed by atoms with Crippen LogP contribution in [0.4, 0.5) is 10.1 Å². The third kappa shape index (κ3) is 3.52. The van der Waals surface area contributed by atoms with Gasteiger partial charge in [0.2, 0.25) is 0 Å². The first-order valence-corrected chi connectivity index (χ1v) is 8.15. The number of carbonyl (C=O) groups is 1. The maximum absolute atomic E-state index is 13.9. The van der Waals surface area contributed by atoms with Crippen molar-refractivity contribution in [3.63, 3.8) is 0 Å². The van der Waals surface area contributed by atoms with Gasteiger partial charge < -0.3 is 19.3 Å². The van der Waals surface area contributed by atoms with E-state index < -0.39 is 0 Å². The van der Waals surface area contributed by atoms with E-state index in [1.54, 1.807) is 42.3 Å². The lowest BCUT2D eigenvalue weighted by molar-refractivity contribution is 0.0743. The van der Waals surface area contributed by atoms with Crippen LogP contribution >= 0.6 is 0 Å². The van der Waals surface area contributed by atoms with Crippen molar-refractivity contribution in [2.24, 2.45) is 0 Å². The van der Waals surface area contributed by atoms with Crippen molar-refractivity contribution in [1.29, 1.82) is 0 Å². The molecule has 132 valence electrons. The summed E-state index contributed by atoms with van der Waals surface area (Å²) < 4.78 is 24.4. The van der Waals surface area contributed by atoms with Gasteiger partial charge in [0, 0.05) is 26.2 Å². The number of halogens is 1. The maximum Gasteiger partial charge on any atom is 0.257 e. The molecule has 1 heterocycles. The molecule has 1 fully saturated rings. The first-order valence-electron chi connectivity index (χ1n) is 8.15. The smallest absolute Gasteiger partial charge is 0.257 e. The van der Waals surface area contributed by atoms with E-state index in [1.165, 1.54) is 13.2 Å². The van der Waals surface area contributed by atoms with Crippen LogP contribution in [0.25, 0.3) is 0 Å². The second-order valence-corrected chi connectivity index (χ2v) is 5.80. The van der Waals surface area contributed by atoms with Crippen LogP contribution in [0.5, 0.6) is 11.5 Å². The zero-order chi connectivity index (χ0) is 17.8.